The maximum absolute atomic E-state index is 12.5. The molecule has 1 rings (SSSR count). The third kappa shape index (κ3) is 3.51. The molecule has 15 heavy (non-hydrogen) atoms. The first-order valence-electron chi connectivity index (χ1n) is 4.33. The molecule has 5 nitrogen and oxygen atoms in total. The average Bonchev–Trinajstić information content (AvgIpc) is 2.26. The fraction of sp³-hybridized carbons (Fsp3) is 0.333. The maximum Gasteiger partial charge on any atom is 0.267 e. The summed E-state index contributed by atoms with van der Waals surface area (Å²) in [5, 5.41) is 0. The van der Waals surface area contributed by atoms with Gasteiger partial charge in [-0.25, -0.2) is 9.37 Å². The van der Waals surface area contributed by atoms with Crippen LogP contribution < -0.4 is 10.9 Å². The van der Waals surface area contributed by atoms with E-state index in [4.69, 9.17) is 4.74 Å². The SMILES string of the molecule is CO[C@@H](C)C(=O)NNc1ccc(F)cn1. The molecule has 0 aromatic carbocycles. The number of pyridine rings is 1. The van der Waals surface area contributed by atoms with Crippen LogP contribution in [-0.4, -0.2) is 24.1 Å². The van der Waals surface area contributed by atoms with Crippen LogP contribution >= 0.6 is 0 Å². The summed E-state index contributed by atoms with van der Waals surface area (Å²) in [6, 6.07) is 2.65. The third-order valence-electron chi connectivity index (χ3n) is 1.76. The molecule has 0 radical (unpaired) electrons. The second-order valence-electron chi connectivity index (χ2n) is 2.85. The summed E-state index contributed by atoms with van der Waals surface area (Å²) in [7, 11) is 1.43. The van der Waals surface area contributed by atoms with Crippen molar-refractivity contribution in [2.45, 2.75) is 13.0 Å². The Morgan fingerprint density at radius 3 is 2.87 bits per heavy atom. The largest absolute Gasteiger partial charge is 0.372 e. The summed E-state index contributed by atoms with van der Waals surface area (Å²) in [4.78, 5) is 14.9. The predicted octanol–water partition coefficient (Wildman–Crippen LogP) is 0.699. The van der Waals surface area contributed by atoms with Gasteiger partial charge in [-0.15, -0.1) is 0 Å². The van der Waals surface area contributed by atoms with Crippen LogP contribution in [0.2, 0.25) is 0 Å². The number of carbonyl (C=O) groups is 1. The van der Waals surface area contributed by atoms with E-state index in [1.807, 2.05) is 0 Å². The number of anilines is 1. The highest BCUT2D eigenvalue weighted by Gasteiger charge is 2.10. The van der Waals surface area contributed by atoms with Gasteiger partial charge in [0, 0.05) is 7.11 Å². The summed E-state index contributed by atoms with van der Waals surface area (Å²) < 4.78 is 17.3. The molecular weight excluding hydrogens is 201 g/mol. The quantitative estimate of drug-likeness (QED) is 0.722. The number of hydrogen-bond acceptors (Lipinski definition) is 4. The zero-order chi connectivity index (χ0) is 11.3. The summed E-state index contributed by atoms with van der Waals surface area (Å²) >= 11 is 0. The molecule has 2 N–H and O–H groups in total. The fourth-order valence-electron chi connectivity index (χ4n) is 0.784. The van der Waals surface area contributed by atoms with Gasteiger partial charge in [-0.05, 0) is 19.1 Å². The van der Waals surface area contributed by atoms with Crippen molar-refractivity contribution in [1.29, 1.82) is 0 Å². The number of hydrogen-bond donors (Lipinski definition) is 2. The standard InChI is InChI=1S/C9H12FN3O2/c1-6(15-2)9(14)13-12-8-4-3-7(10)5-11-8/h3-6H,1-2H3,(H,11,12)(H,13,14)/t6-/m0/s1. The summed E-state index contributed by atoms with van der Waals surface area (Å²) in [5.74, 6) is -0.409. The van der Waals surface area contributed by atoms with Gasteiger partial charge in [0.15, 0.2) is 0 Å². The van der Waals surface area contributed by atoms with Gasteiger partial charge in [-0.3, -0.25) is 15.6 Å². The van der Waals surface area contributed by atoms with Crippen molar-refractivity contribution in [3.05, 3.63) is 24.1 Å². The summed E-state index contributed by atoms with van der Waals surface area (Å²) in [6.07, 6.45) is 0.492. The van der Waals surface area contributed by atoms with Gasteiger partial charge in [-0.1, -0.05) is 0 Å². The zero-order valence-corrected chi connectivity index (χ0v) is 8.45. The Hall–Kier alpha value is -1.69. The highest BCUT2D eigenvalue weighted by Crippen LogP contribution is 2.01. The first kappa shape index (κ1) is 11.4. The fourth-order valence-corrected chi connectivity index (χ4v) is 0.784. The van der Waals surface area contributed by atoms with Gasteiger partial charge in [0.25, 0.3) is 5.91 Å². The molecule has 1 amide bonds. The highest BCUT2D eigenvalue weighted by atomic mass is 19.1. The molecule has 0 unspecified atom stereocenters. The van der Waals surface area contributed by atoms with Crippen molar-refractivity contribution in [2.24, 2.45) is 0 Å². The van der Waals surface area contributed by atoms with Crippen LogP contribution in [0.4, 0.5) is 10.2 Å². The molecule has 1 aromatic heterocycles. The molecule has 82 valence electrons. The second kappa shape index (κ2) is 5.26. The van der Waals surface area contributed by atoms with E-state index in [1.54, 1.807) is 6.92 Å². The highest BCUT2D eigenvalue weighted by molar-refractivity contribution is 5.81. The lowest BCUT2D eigenvalue weighted by molar-refractivity contribution is -0.129. The third-order valence-corrected chi connectivity index (χ3v) is 1.76. The van der Waals surface area contributed by atoms with E-state index in [9.17, 15) is 9.18 Å². The monoisotopic (exact) mass is 213 g/mol. The number of hydrazine groups is 1. The molecule has 0 saturated carbocycles. The number of nitrogens with one attached hydrogen (secondary N) is 2. The molecule has 0 fully saturated rings. The number of halogens is 1. The van der Waals surface area contributed by atoms with Crippen LogP contribution in [0.15, 0.2) is 18.3 Å². The molecule has 1 atom stereocenters. The lowest BCUT2D eigenvalue weighted by Gasteiger charge is -2.11. The van der Waals surface area contributed by atoms with E-state index in [2.05, 4.69) is 15.8 Å². The van der Waals surface area contributed by atoms with Gasteiger partial charge in [0.05, 0.1) is 6.20 Å². The zero-order valence-electron chi connectivity index (χ0n) is 8.45. The Kier molecular flexibility index (Phi) is 3.99. The Morgan fingerprint density at radius 2 is 2.33 bits per heavy atom. The molecule has 0 bridgehead atoms. The molecule has 0 aliphatic heterocycles. The molecule has 6 heteroatoms. The molecule has 0 spiro atoms. The molecule has 0 saturated heterocycles. The van der Waals surface area contributed by atoms with Gasteiger partial charge < -0.3 is 4.74 Å². The second-order valence-corrected chi connectivity index (χ2v) is 2.85. The summed E-state index contributed by atoms with van der Waals surface area (Å²) in [5.41, 5.74) is 4.90. The number of methoxy groups -OCH3 is 1. The van der Waals surface area contributed by atoms with Crippen molar-refractivity contribution in [1.82, 2.24) is 10.4 Å². The number of amides is 1. The van der Waals surface area contributed by atoms with Crippen LogP contribution in [0.5, 0.6) is 0 Å². The Morgan fingerprint density at radius 1 is 1.60 bits per heavy atom. The van der Waals surface area contributed by atoms with Crippen molar-refractivity contribution in [3.8, 4) is 0 Å². The molecule has 0 aliphatic carbocycles. The van der Waals surface area contributed by atoms with Crippen LogP contribution in [-0.2, 0) is 9.53 Å². The lowest BCUT2D eigenvalue weighted by Crippen LogP contribution is -2.37. The maximum atomic E-state index is 12.5. The van der Waals surface area contributed by atoms with Gasteiger partial charge in [0.2, 0.25) is 0 Å². The van der Waals surface area contributed by atoms with E-state index >= 15 is 0 Å². The van der Waals surface area contributed by atoms with Crippen molar-refractivity contribution < 1.29 is 13.9 Å². The van der Waals surface area contributed by atoms with Crippen LogP contribution in [0.25, 0.3) is 0 Å². The van der Waals surface area contributed by atoms with Crippen molar-refractivity contribution in [3.63, 3.8) is 0 Å². The van der Waals surface area contributed by atoms with E-state index in [0.717, 1.165) is 6.20 Å². The molecular formula is C9H12FN3O2. The summed E-state index contributed by atoms with van der Waals surface area (Å²) in [6.45, 7) is 1.61. The minimum Gasteiger partial charge on any atom is -0.372 e. The average molecular weight is 213 g/mol. The van der Waals surface area contributed by atoms with Gasteiger partial charge in [0.1, 0.15) is 17.7 Å². The smallest absolute Gasteiger partial charge is 0.267 e. The topological polar surface area (TPSA) is 63.2 Å². The Bertz CT molecular complexity index is 329. The van der Waals surface area contributed by atoms with Gasteiger partial charge >= 0.3 is 0 Å². The Balaban J connectivity index is 2.43. The van der Waals surface area contributed by atoms with E-state index in [1.165, 1.54) is 19.2 Å². The number of nitrogens with zero attached hydrogens (tertiary/aromatic N) is 1. The Labute approximate surface area is 86.6 Å². The number of aromatic nitrogens is 1. The van der Waals surface area contributed by atoms with Gasteiger partial charge in [-0.2, -0.15) is 0 Å². The minimum atomic E-state index is -0.557. The lowest BCUT2D eigenvalue weighted by atomic mass is 10.4. The van der Waals surface area contributed by atoms with Crippen molar-refractivity contribution >= 4 is 11.7 Å². The van der Waals surface area contributed by atoms with Crippen LogP contribution in [0.1, 0.15) is 6.92 Å². The predicted molar refractivity (Wildman–Crippen MR) is 52.4 cm³/mol. The number of carbonyl (C=O) groups excluding carboxylic acids is 1. The van der Waals surface area contributed by atoms with E-state index in [-0.39, 0.29) is 5.91 Å². The van der Waals surface area contributed by atoms with Crippen LogP contribution in [0.3, 0.4) is 0 Å². The number of rotatable bonds is 4. The first-order chi connectivity index (χ1) is 7.13. The van der Waals surface area contributed by atoms with E-state index in [0.29, 0.717) is 5.82 Å². The molecule has 0 aliphatic rings. The number of ether oxygens (including phenoxy) is 1. The molecule has 1 aromatic rings. The van der Waals surface area contributed by atoms with E-state index < -0.39 is 11.9 Å². The normalized spacial score (nSPS) is 11.9. The first-order valence-corrected chi connectivity index (χ1v) is 4.33. The van der Waals surface area contributed by atoms with Crippen molar-refractivity contribution in [2.75, 3.05) is 12.5 Å². The minimum absolute atomic E-state index is 0.330. The molecule has 1 heterocycles. The van der Waals surface area contributed by atoms with Crippen LogP contribution in [0, 0.1) is 5.82 Å².